The topological polar surface area (TPSA) is 142 Å². The molecule has 1 fully saturated rings. The van der Waals surface area contributed by atoms with Crippen molar-refractivity contribution in [2.45, 2.75) is 17.8 Å². The molecule has 3 heterocycles. The third-order valence-corrected chi connectivity index (χ3v) is 6.75. The van der Waals surface area contributed by atoms with Gasteiger partial charge in [-0.1, -0.05) is 6.07 Å². The SMILES string of the molecule is CNC(=O)OCC1=C(C(=O)O)N2C(=O)[C@@H](NC(=O)Cc3cccs3)[C@H]2[S@@](=O)C1. The summed E-state index contributed by atoms with van der Waals surface area (Å²) in [5, 5.41) is 15.1. The van der Waals surface area contributed by atoms with Crippen LogP contribution in [0.2, 0.25) is 0 Å². The number of fused-ring (bicyclic) bond motifs is 1. The Morgan fingerprint density at radius 2 is 2.18 bits per heavy atom. The minimum absolute atomic E-state index is 0.0717. The fourth-order valence-corrected chi connectivity index (χ4v) is 5.35. The summed E-state index contributed by atoms with van der Waals surface area (Å²) >= 11 is 1.39. The smallest absolute Gasteiger partial charge is 0.407 e. The lowest BCUT2D eigenvalue weighted by Crippen LogP contribution is -2.73. The van der Waals surface area contributed by atoms with Gasteiger partial charge in [-0.25, -0.2) is 9.59 Å². The number of alkyl carbamates (subject to hydrolysis) is 1. The third kappa shape index (κ3) is 3.78. The first-order valence-electron chi connectivity index (χ1n) is 8.15. The molecular weight excluding hydrogens is 410 g/mol. The Hall–Kier alpha value is -2.73. The number of carboxylic acid groups (broad SMARTS) is 1. The molecule has 28 heavy (non-hydrogen) atoms. The number of aliphatic carboxylic acids is 1. The quantitative estimate of drug-likeness (QED) is 0.515. The average Bonchev–Trinajstić information content (AvgIpc) is 3.16. The van der Waals surface area contributed by atoms with E-state index in [1.165, 1.54) is 18.4 Å². The van der Waals surface area contributed by atoms with Crippen LogP contribution in [-0.4, -0.2) is 68.9 Å². The highest BCUT2D eigenvalue weighted by Crippen LogP contribution is 2.35. The van der Waals surface area contributed by atoms with Gasteiger partial charge in [0.2, 0.25) is 5.91 Å². The Bertz CT molecular complexity index is 881. The highest BCUT2D eigenvalue weighted by atomic mass is 32.2. The van der Waals surface area contributed by atoms with Gasteiger partial charge in [0.15, 0.2) is 0 Å². The fourth-order valence-electron chi connectivity index (χ4n) is 2.98. The van der Waals surface area contributed by atoms with Crippen molar-refractivity contribution in [3.63, 3.8) is 0 Å². The maximum absolute atomic E-state index is 12.6. The number of ether oxygens (including phenoxy) is 1. The third-order valence-electron chi connectivity index (χ3n) is 4.22. The highest BCUT2D eigenvalue weighted by molar-refractivity contribution is 7.86. The number of β-lactam (4-membered cyclic amide) rings is 1. The Balaban J connectivity index is 1.75. The van der Waals surface area contributed by atoms with E-state index in [4.69, 9.17) is 4.74 Å². The molecule has 1 saturated heterocycles. The highest BCUT2D eigenvalue weighted by Gasteiger charge is 2.57. The zero-order chi connectivity index (χ0) is 20.4. The summed E-state index contributed by atoms with van der Waals surface area (Å²) in [6.45, 7) is -0.404. The van der Waals surface area contributed by atoms with Crippen LogP contribution < -0.4 is 10.6 Å². The molecule has 0 spiro atoms. The lowest BCUT2D eigenvalue weighted by atomic mass is 10.0. The number of hydrogen-bond acceptors (Lipinski definition) is 7. The summed E-state index contributed by atoms with van der Waals surface area (Å²) in [7, 11) is -0.318. The molecule has 0 bridgehead atoms. The summed E-state index contributed by atoms with van der Waals surface area (Å²) in [5.41, 5.74) is -0.287. The van der Waals surface area contributed by atoms with Gasteiger partial charge in [-0.15, -0.1) is 11.3 Å². The van der Waals surface area contributed by atoms with Crippen molar-refractivity contribution in [1.29, 1.82) is 0 Å². The zero-order valence-electron chi connectivity index (χ0n) is 14.7. The van der Waals surface area contributed by atoms with Crippen LogP contribution in [0.15, 0.2) is 28.8 Å². The molecule has 0 aliphatic carbocycles. The number of nitrogens with zero attached hydrogens (tertiary/aromatic N) is 1. The number of carboxylic acids is 1. The normalized spacial score (nSPS) is 23.5. The summed E-state index contributed by atoms with van der Waals surface area (Å²) in [6, 6.07) is 2.53. The molecule has 2 aliphatic heterocycles. The van der Waals surface area contributed by atoms with Gasteiger partial charge in [0, 0.05) is 17.5 Å². The van der Waals surface area contributed by atoms with Crippen molar-refractivity contribution in [3.05, 3.63) is 33.7 Å². The number of thiophene rings is 1. The maximum atomic E-state index is 12.6. The predicted octanol–water partition coefficient (Wildman–Crippen LogP) is -0.599. The van der Waals surface area contributed by atoms with E-state index in [9.17, 15) is 28.5 Å². The van der Waals surface area contributed by atoms with Crippen LogP contribution >= 0.6 is 11.3 Å². The molecule has 1 aromatic heterocycles. The van der Waals surface area contributed by atoms with Crippen molar-refractivity contribution >= 4 is 46.0 Å². The number of rotatable bonds is 6. The molecule has 3 N–H and O–H groups in total. The van der Waals surface area contributed by atoms with E-state index >= 15 is 0 Å². The molecule has 10 nitrogen and oxygen atoms in total. The maximum Gasteiger partial charge on any atom is 0.407 e. The first-order chi connectivity index (χ1) is 13.3. The molecule has 0 unspecified atom stereocenters. The van der Waals surface area contributed by atoms with Gasteiger partial charge in [-0.2, -0.15) is 0 Å². The number of amides is 3. The lowest BCUT2D eigenvalue weighted by molar-refractivity contribution is -0.151. The molecule has 0 saturated carbocycles. The fraction of sp³-hybridized carbons (Fsp3) is 0.375. The van der Waals surface area contributed by atoms with E-state index in [2.05, 4.69) is 10.6 Å². The van der Waals surface area contributed by atoms with E-state index in [1.54, 1.807) is 12.1 Å². The second kappa shape index (κ2) is 8.10. The Labute approximate surface area is 166 Å². The van der Waals surface area contributed by atoms with Crippen molar-refractivity contribution in [2.24, 2.45) is 0 Å². The molecule has 3 atom stereocenters. The minimum Gasteiger partial charge on any atom is -0.477 e. The van der Waals surface area contributed by atoms with Crippen molar-refractivity contribution < 1.29 is 33.2 Å². The lowest BCUT2D eigenvalue weighted by Gasteiger charge is -2.48. The number of carbonyl (C=O) groups is 4. The van der Waals surface area contributed by atoms with Crippen molar-refractivity contribution in [1.82, 2.24) is 15.5 Å². The molecule has 3 rings (SSSR count). The molecule has 0 radical (unpaired) electrons. The summed E-state index contributed by atoms with van der Waals surface area (Å²) in [6.07, 6.45) is -0.702. The Kier molecular flexibility index (Phi) is 5.79. The second-order valence-corrected chi connectivity index (χ2v) is 8.57. The molecule has 1 aromatic rings. The van der Waals surface area contributed by atoms with Crippen LogP contribution in [0.3, 0.4) is 0 Å². The monoisotopic (exact) mass is 427 g/mol. The molecule has 150 valence electrons. The predicted molar refractivity (Wildman–Crippen MR) is 98.7 cm³/mol. The Morgan fingerprint density at radius 3 is 2.79 bits per heavy atom. The first-order valence-corrected chi connectivity index (χ1v) is 10.4. The van der Waals surface area contributed by atoms with Crippen LogP contribution in [0.1, 0.15) is 4.88 Å². The van der Waals surface area contributed by atoms with Crippen LogP contribution in [-0.2, 0) is 36.3 Å². The molecule has 2 aliphatic rings. The van der Waals surface area contributed by atoms with E-state index in [1.807, 2.05) is 5.38 Å². The Morgan fingerprint density at radius 1 is 1.43 bits per heavy atom. The van der Waals surface area contributed by atoms with E-state index < -0.39 is 52.7 Å². The number of nitrogens with one attached hydrogen (secondary N) is 2. The molecular formula is C16H17N3O7S2. The minimum atomic E-state index is -1.66. The van der Waals surface area contributed by atoms with Gasteiger partial charge < -0.3 is 20.5 Å². The van der Waals surface area contributed by atoms with Gasteiger partial charge in [-0.05, 0) is 11.4 Å². The largest absolute Gasteiger partial charge is 0.477 e. The van der Waals surface area contributed by atoms with Gasteiger partial charge in [0.1, 0.15) is 23.7 Å². The second-order valence-electron chi connectivity index (χ2n) is 6.01. The van der Waals surface area contributed by atoms with Crippen LogP contribution in [0.4, 0.5) is 4.79 Å². The number of hydrogen-bond donors (Lipinski definition) is 3. The molecule has 3 amide bonds. The van der Waals surface area contributed by atoms with E-state index in [0.717, 1.165) is 9.78 Å². The summed E-state index contributed by atoms with van der Waals surface area (Å²) < 4.78 is 17.4. The van der Waals surface area contributed by atoms with Crippen molar-refractivity contribution in [3.8, 4) is 0 Å². The number of carbonyl (C=O) groups excluding carboxylic acids is 3. The van der Waals surface area contributed by atoms with Gasteiger partial charge in [-0.3, -0.25) is 18.7 Å². The van der Waals surface area contributed by atoms with Crippen LogP contribution in [0.25, 0.3) is 0 Å². The summed E-state index contributed by atoms with van der Waals surface area (Å²) in [5.74, 6) is -2.64. The average molecular weight is 427 g/mol. The van der Waals surface area contributed by atoms with Gasteiger partial charge in [0.25, 0.3) is 5.91 Å². The van der Waals surface area contributed by atoms with Gasteiger partial charge >= 0.3 is 12.1 Å². The first kappa shape index (κ1) is 20.0. The standard InChI is InChI=1S/C16H17N3O7S2/c1-17-16(24)26-6-8-7-28(25)14-11(13(21)19(14)12(8)15(22)23)18-10(20)5-9-3-2-4-27-9/h2-4,11,14H,5-7H2,1H3,(H,17,24)(H,18,20)(H,22,23)/t11-,14-,28+/m1/s1. The summed E-state index contributed by atoms with van der Waals surface area (Å²) in [4.78, 5) is 49.3. The van der Waals surface area contributed by atoms with E-state index in [-0.39, 0.29) is 23.4 Å². The van der Waals surface area contributed by atoms with Gasteiger partial charge in [0.05, 0.1) is 23.0 Å². The zero-order valence-corrected chi connectivity index (χ0v) is 16.3. The van der Waals surface area contributed by atoms with Crippen LogP contribution in [0, 0.1) is 0 Å². The molecule has 0 aromatic carbocycles. The van der Waals surface area contributed by atoms with Crippen LogP contribution in [0.5, 0.6) is 0 Å². The van der Waals surface area contributed by atoms with E-state index in [0.29, 0.717) is 0 Å². The van der Waals surface area contributed by atoms with Crippen molar-refractivity contribution in [2.75, 3.05) is 19.4 Å². The molecule has 12 heteroatoms.